The van der Waals surface area contributed by atoms with Gasteiger partial charge in [0.05, 0.1) is 18.0 Å². The van der Waals surface area contributed by atoms with Crippen molar-refractivity contribution in [3.05, 3.63) is 23.8 Å². The highest BCUT2D eigenvalue weighted by atomic mass is 32.2. The summed E-state index contributed by atoms with van der Waals surface area (Å²) < 4.78 is 27.2. The maximum absolute atomic E-state index is 10.9. The highest BCUT2D eigenvalue weighted by Gasteiger charge is 2.04. The predicted octanol–water partition coefficient (Wildman–Crippen LogP) is 1.39. The van der Waals surface area contributed by atoms with E-state index in [1.807, 2.05) is 19.1 Å². The first-order valence-corrected chi connectivity index (χ1v) is 7.12. The summed E-state index contributed by atoms with van der Waals surface area (Å²) >= 11 is 0. The summed E-state index contributed by atoms with van der Waals surface area (Å²) in [4.78, 5) is 0. The molecule has 0 saturated heterocycles. The van der Waals surface area contributed by atoms with Crippen LogP contribution < -0.4 is 10.5 Å². The second-order valence-electron chi connectivity index (χ2n) is 3.82. The molecule has 1 aromatic carbocycles. The molecule has 1 rings (SSSR count). The summed E-state index contributed by atoms with van der Waals surface area (Å²) in [6, 6.07) is 5.54. The first-order chi connectivity index (χ1) is 7.40. The summed E-state index contributed by atoms with van der Waals surface area (Å²) in [6.45, 7) is 2.26. The zero-order chi connectivity index (χ0) is 12.2. The fraction of sp³-hybridized carbons (Fsp3) is 0.455. The van der Waals surface area contributed by atoms with Gasteiger partial charge in [-0.2, -0.15) is 0 Å². The number of ether oxygens (including phenoxy) is 1. The minimum Gasteiger partial charge on any atom is -0.491 e. The maximum atomic E-state index is 10.9. The van der Waals surface area contributed by atoms with E-state index in [0.29, 0.717) is 24.5 Å². The SMILES string of the molecule is Cc1cccc(OCCCS(C)(=O)=O)c1N. The lowest BCUT2D eigenvalue weighted by atomic mass is 10.2. The molecule has 4 nitrogen and oxygen atoms in total. The molecule has 0 amide bonds. The fourth-order valence-corrected chi connectivity index (χ4v) is 1.93. The van der Waals surface area contributed by atoms with Crippen molar-refractivity contribution < 1.29 is 13.2 Å². The van der Waals surface area contributed by atoms with Gasteiger partial charge in [0, 0.05) is 6.26 Å². The topological polar surface area (TPSA) is 69.4 Å². The van der Waals surface area contributed by atoms with Crippen molar-refractivity contribution in [2.75, 3.05) is 24.3 Å². The van der Waals surface area contributed by atoms with E-state index in [2.05, 4.69) is 0 Å². The number of hydrogen-bond donors (Lipinski definition) is 1. The van der Waals surface area contributed by atoms with Gasteiger partial charge >= 0.3 is 0 Å². The van der Waals surface area contributed by atoms with Gasteiger partial charge in [-0.05, 0) is 25.0 Å². The number of hydrogen-bond acceptors (Lipinski definition) is 4. The summed E-state index contributed by atoms with van der Waals surface area (Å²) in [7, 11) is -2.91. The summed E-state index contributed by atoms with van der Waals surface area (Å²) in [5, 5.41) is 0. The van der Waals surface area contributed by atoms with Crippen LogP contribution in [0, 0.1) is 6.92 Å². The molecule has 0 heterocycles. The Morgan fingerprint density at radius 2 is 2.06 bits per heavy atom. The molecule has 0 atom stereocenters. The monoisotopic (exact) mass is 243 g/mol. The largest absolute Gasteiger partial charge is 0.491 e. The number of nitrogens with two attached hydrogens (primary N) is 1. The van der Waals surface area contributed by atoms with Crippen molar-refractivity contribution in [2.24, 2.45) is 0 Å². The van der Waals surface area contributed by atoms with Gasteiger partial charge in [0.2, 0.25) is 0 Å². The van der Waals surface area contributed by atoms with Crippen LogP contribution in [0.1, 0.15) is 12.0 Å². The Bertz CT molecular complexity index is 454. The minimum absolute atomic E-state index is 0.138. The molecule has 0 aliphatic heterocycles. The lowest BCUT2D eigenvalue weighted by Gasteiger charge is -2.09. The normalized spacial score (nSPS) is 11.4. The van der Waals surface area contributed by atoms with Crippen molar-refractivity contribution in [3.63, 3.8) is 0 Å². The Hall–Kier alpha value is -1.23. The summed E-state index contributed by atoms with van der Waals surface area (Å²) in [6.07, 6.45) is 1.69. The Morgan fingerprint density at radius 1 is 1.38 bits per heavy atom. The van der Waals surface area contributed by atoms with Crippen LogP contribution >= 0.6 is 0 Å². The molecule has 0 aliphatic carbocycles. The van der Waals surface area contributed by atoms with E-state index in [-0.39, 0.29) is 5.75 Å². The van der Waals surface area contributed by atoms with Crippen LogP contribution in [-0.4, -0.2) is 27.0 Å². The molecular formula is C11H17NO3S. The second-order valence-corrected chi connectivity index (χ2v) is 6.08. The van der Waals surface area contributed by atoms with Crippen LogP contribution in [0.3, 0.4) is 0 Å². The third-order valence-electron chi connectivity index (χ3n) is 2.20. The molecule has 0 fully saturated rings. The highest BCUT2D eigenvalue weighted by molar-refractivity contribution is 7.90. The molecule has 0 spiro atoms. The van der Waals surface area contributed by atoms with Crippen molar-refractivity contribution in [3.8, 4) is 5.75 Å². The van der Waals surface area contributed by atoms with Gasteiger partial charge in [0.1, 0.15) is 15.6 Å². The highest BCUT2D eigenvalue weighted by Crippen LogP contribution is 2.24. The minimum atomic E-state index is -2.91. The number of aryl methyl sites for hydroxylation is 1. The van der Waals surface area contributed by atoms with Crippen LogP contribution in [0.2, 0.25) is 0 Å². The van der Waals surface area contributed by atoms with Crippen LogP contribution in [0.25, 0.3) is 0 Å². The van der Waals surface area contributed by atoms with Crippen molar-refractivity contribution in [2.45, 2.75) is 13.3 Å². The number of benzene rings is 1. The van der Waals surface area contributed by atoms with Crippen LogP contribution in [0.15, 0.2) is 18.2 Å². The number of sulfone groups is 1. The third kappa shape index (κ3) is 4.10. The van der Waals surface area contributed by atoms with Crippen LogP contribution in [0.4, 0.5) is 5.69 Å². The number of rotatable bonds is 5. The van der Waals surface area contributed by atoms with Gasteiger partial charge in [-0.15, -0.1) is 0 Å². The second kappa shape index (κ2) is 5.21. The van der Waals surface area contributed by atoms with Gasteiger partial charge in [0.25, 0.3) is 0 Å². The van der Waals surface area contributed by atoms with E-state index < -0.39 is 9.84 Å². The molecule has 90 valence electrons. The Labute approximate surface area is 96.3 Å². The van der Waals surface area contributed by atoms with E-state index in [0.717, 1.165) is 5.56 Å². The van der Waals surface area contributed by atoms with E-state index in [1.54, 1.807) is 6.07 Å². The molecule has 0 aromatic heterocycles. The lowest BCUT2D eigenvalue weighted by molar-refractivity contribution is 0.319. The molecule has 0 bridgehead atoms. The molecule has 0 saturated carbocycles. The third-order valence-corrected chi connectivity index (χ3v) is 3.23. The van der Waals surface area contributed by atoms with Crippen molar-refractivity contribution >= 4 is 15.5 Å². The zero-order valence-corrected chi connectivity index (χ0v) is 10.4. The quantitative estimate of drug-likeness (QED) is 0.626. The average Bonchev–Trinajstić information content (AvgIpc) is 2.17. The Morgan fingerprint density at radius 3 is 2.69 bits per heavy atom. The van der Waals surface area contributed by atoms with Gasteiger partial charge in [-0.1, -0.05) is 12.1 Å². The van der Waals surface area contributed by atoms with Crippen LogP contribution in [-0.2, 0) is 9.84 Å². The number of para-hydroxylation sites is 1. The van der Waals surface area contributed by atoms with Gasteiger partial charge < -0.3 is 10.5 Å². The van der Waals surface area contributed by atoms with Gasteiger partial charge in [0.15, 0.2) is 0 Å². The molecule has 16 heavy (non-hydrogen) atoms. The zero-order valence-electron chi connectivity index (χ0n) is 9.56. The molecule has 5 heteroatoms. The Kier molecular flexibility index (Phi) is 4.18. The number of anilines is 1. The molecule has 0 unspecified atom stereocenters. The first-order valence-electron chi connectivity index (χ1n) is 5.06. The van der Waals surface area contributed by atoms with E-state index >= 15 is 0 Å². The van der Waals surface area contributed by atoms with Gasteiger partial charge in [-0.3, -0.25) is 0 Å². The van der Waals surface area contributed by atoms with Gasteiger partial charge in [-0.25, -0.2) is 8.42 Å². The molecular weight excluding hydrogens is 226 g/mol. The maximum Gasteiger partial charge on any atom is 0.147 e. The summed E-state index contributed by atoms with van der Waals surface area (Å²) in [5.74, 6) is 0.757. The fourth-order valence-electron chi connectivity index (χ4n) is 1.28. The van der Waals surface area contributed by atoms with E-state index in [1.165, 1.54) is 6.26 Å². The predicted molar refractivity (Wildman–Crippen MR) is 65.4 cm³/mol. The number of nitrogen functional groups attached to an aromatic ring is 1. The molecule has 1 aromatic rings. The molecule has 0 radical (unpaired) electrons. The van der Waals surface area contributed by atoms with Crippen molar-refractivity contribution in [1.29, 1.82) is 0 Å². The van der Waals surface area contributed by atoms with Crippen molar-refractivity contribution in [1.82, 2.24) is 0 Å². The Balaban J connectivity index is 2.47. The average molecular weight is 243 g/mol. The first kappa shape index (κ1) is 12.8. The van der Waals surface area contributed by atoms with Crippen LogP contribution in [0.5, 0.6) is 5.75 Å². The van der Waals surface area contributed by atoms with E-state index in [9.17, 15) is 8.42 Å². The lowest BCUT2D eigenvalue weighted by Crippen LogP contribution is -2.08. The standard InChI is InChI=1S/C11H17NO3S/c1-9-5-3-6-10(11(9)12)15-7-4-8-16(2,13)14/h3,5-6H,4,7-8,12H2,1-2H3. The van der Waals surface area contributed by atoms with E-state index in [4.69, 9.17) is 10.5 Å². The summed E-state index contributed by atoms with van der Waals surface area (Å²) in [5.41, 5.74) is 7.38. The molecule has 0 aliphatic rings. The molecule has 2 N–H and O–H groups in total. The smallest absolute Gasteiger partial charge is 0.147 e.